The molecule has 0 radical (unpaired) electrons. The number of nitrogens with zero attached hydrogens (tertiary/aromatic N) is 6. The fourth-order valence-electron chi connectivity index (χ4n) is 3.90. The molecule has 2 unspecified atom stereocenters. The van der Waals surface area contributed by atoms with E-state index < -0.39 is 11.3 Å². The van der Waals surface area contributed by atoms with Gasteiger partial charge in [-0.05, 0) is 31.2 Å². The fraction of sp³-hybridized carbons (Fsp3) is 0.375. The van der Waals surface area contributed by atoms with Crippen LogP contribution in [0.3, 0.4) is 0 Å². The van der Waals surface area contributed by atoms with E-state index >= 15 is 0 Å². The molecule has 0 spiro atoms. The summed E-state index contributed by atoms with van der Waals surface area (Å²) in [4.78, 5) is 30.4. The smallest absolute Gasteiger partial charge is 0.243 e. The number of hydrogen-bond donors (Lipinski definition) is 2. The largest absolute Gasteiger partial charge is 0.382 e. The highest BCUT2D eigenvalue weighted by Gasteiger charge is 2.47. The molecule has 2 heterocycles. The number of carbonyl (C=O) groups excluding carboxylic acids is 1. The van der Waals surface area contributed by atoms with E-state index in [0.717, 1.165) is 24.0 Å². The standard InChI is InChI=1S/C24H27ClN8O2/c1-24(17-8-9-17,16-6-4-14(5-7-16)20-21(25)30-18(27)12-29-20)23-31-22(35-32-23)15(10-26)11-28-13-19(34)33(2)3/h4-7,10-12,15,17,26H,8-9,13H2,1-3H3,(H2,27,30). The van der Waals surface area contributed by atoms with E-state index in [9.17, 15) is 4.79 Å². The molecule has 0 aliphatic heterocycles. The van der Waals surface area contributed by atoms with Crippen LogP contribution < -0.4 is 5.73 Å². The summed E-state index contributed by atoms with van der Waals surface area (Å²) in [6.45, 7) is 2.10. The van der Waals surface area contributed by atoms with Crippen LogP contribution in [-0.2, 0) is 10.2 Å². The predicted molar refractivity (Wildman–Crippen MR) is 134 cm³/mol. The summed E-state index contributed by atoms with van der Waals surface area (Å²) in [5.74, 6) is 0.710. The van der Waals surface area contributed by atoms with Crippen LogP contribution in [0.25, 0.3) is 11.3 Å². The molecule has 182 valence electrons. The van der Waals surface area contributed by atoms with Gasteiger partial charge < -0.3 is 20.6 Å². The van der Waals surface area contributed by atoms with Crippen molar-refractivity contribution in [2.75, 3.05) is 26.4 Å². The number of halogens is 1. The average molecular weight is 495 g/mol. The summed E-state index contributed by atoms with van der Waals surface area (Å²) in [6.07, 6.45) is 6.25. The van der Waals surface area contributed by atoms with Gasteiger partial charge >= 0.3 is 0 Å². The number of benzene rings is 1. The van der Waals surface area contributed by atoms with Crippen molar-refractivity contribution in [2.45, 2.75) is 31.1 Å². The average Bonchev–Trinajstić information content (AvgIpc) is 3.59. The number of hydrogen-bond acceptors (Lipinski definition) is 9. The van der Waals surface area contributed by atoms with Crippen molar-refractivity contribution in [3.63, 3.8) is 0 Å². The van der Waals surface area contributed by atoms with Crippen LogP contribution in [0.2, 0.25) is 5.15 Å². The Bertz CT molecular complexity index is 1250. The van der Waals surface area contributed by atoms with Crippen LogP contribution >= 0.6 is 11.6 Å². The predicted octanol–water partition coefficient (Wildman–Crippen LogP) is 3.37. The SMILES string of the molecule is CN(C)C(=O)CN=CC(C=N)c1nc(C(C)(c2ccc(-c3ncc(N)nc3Cl)cc2)C2CC2)no1. The topological polar surface area (TPSA) is 147 Å². The summed E-state index contributed by atoms with van der Waals surface area (Å²) < 4.78 is 5.54. The zero-order chi connectivity index (χ0) is 25.2. The van der Waals surface area contributed by atoms with Gasteiger partial charge in [-0.2, -0.15) is 4.98 Å². The highest BCUT2D eigenvalue weighted by Crippen LogP contribution is 2.50. The first-order chi connectivity index (χ1) is 16.7. The van der Waals surface area contributed by atoms with Gasteiger partial charge in [-0.15, -0.1) is 0 Å². The number of likely N-dealkylation sites (N-methyl/N-ethyl adjacent to an activating group) is 1. The van der Waals surface area contributed by atoms with Gasteiger partial charge in [0.15, 0.2) is 11.0 Å². The zero-order valence-corrected chi connectivity index (χ0v) is 20.5. The summed E-state index contributed by atoms with van der Waals surface area (Å²) in [6, 6.07) is 7.91. The van der Waals surface area contributed by atoms with Crippen LogP contribution in [0.5, 0.6) is 0 Å². The monoisotopic (exact) mass is 494 g/mol. The van der Waals surface area contributed by atoms with Gasteiger partial charge in [0.1, 0.15) is 24.0 Å². The summed E-state index contributed by atoms with van der Waals surface area (Å²) in [7, 11) is 3.33. The minimum absolute atomic E-state index is 0.00707. The molecular formula is C24H27ClN8O2. The maximum Gasteiger partial charge on any atom is 0.243 e. The van der Waals surface area contributed by atoms with E-state index in [1.54, 1.807) is 14.1 Å². The quantitative estimate of drug-likeness (QED) is 0.433. The molecule has 2 aromatic heterocycles. The normalized spacial score (nSPS) is 16.1. The highest BCUT2D eigenvalue weighted by molar-refractivity contribution is 6.31. The molecule has 11 heteroatoms. The Morgan fingerprint density at radius 1 is 1.34 bits per heavy atom. The Labute approximate surface area is 208 Å². The van der Waals surface area contributed by atoms with Gasteiger partial charge in [-0.25, -0.2) is 9.97 Å². The number of nitrogen functional groups attached to an aromatic ring is 1. The van der Waals surface area contributed by atoms with Crippen LogP contribution in [0.4, 0.5) is 5.82 Å². The molecule has 1 saturated carbocycles. The second-order valence-corrected chi connectivity index (χ2v) is 9.27. The first kappa shape index (κ1) is 24.5. The van der Waals surface area contributed by atoms with Gasteiger partial charge in [-0.1, -0.05) is 41.0 Å². The lowest BCUT2D eigenvalue weighted by Gasteiger charge is -2.27. The zero-order valence-electron chi connectivity index (χ0n) is 19.8. The van der Waals surface area contributed by atoms with Crippen molar-refractivity contribution in [1.82, 2.24) is 25.0 Å². The van der Waals surface area contributed by atoms with Crippen LogP contribution in [0, 0.1) is 11.3 Å². The lowest BCUT2D eigenvalue weighted by Crippen LogP contribution is -2.28. The van der Waals surface area contributed by atoms with E-state index in [1.165, 1.54) is 23.5 Å². The maximum absolute atomic E-state index is 11.8. The number of nitrogens with two attached hydrogens (primary N) is 1. The summed E-state index contributed by atoms with van der Waals surface area (Å²) in [5, 5.41) is 12.3. The third-order valence-corrected chi connectivity index (χ3v) is 6.53. The molecule has 3 N–H and O–H groups in total. The maximum atomic E-state index is 11.8. The minimum atomic E-state index is -0.608. The third-order valence-electron chi connectivity index (χ3n) is 6.26. The number of rotatable bonds is 9. The van der Waals surface area contributed by atoms with Gasteiger partial charge in [0.25, 0.3) is 0 Å². The number of amides is 1. The number of carbonyl (C=O) groups is 1. The number of aromatic nitrogens is 4. The Morgan fingerprint density at radius 2 is 2.06 bits per heavy atom. The second-order valence-electron chi connectivity index (χ2n) is 8.91. The van der Waals surface area contributed by atoms with E-state index in [0.29, 0.717) is 17.4 Å². The molecule has 2 atom stereocenters. The van der Waals surface area contributed by atoms with Crippen molar-refractivity contribution in [3.05, 3.63) is 52.9 Å². The highest BCUT2D eigenvalue weighted by atomic mass is 35.5. The van der Waals surface area contributed by atoms with Crippen molar-refractivity contribution >= 4 is 35.8 Å². The Kier molecular flexibility index (Phi) is 6.93. The summed E-state index contributed by atoms with van der Waals surface area (Å²) >= 11 is 6.23. The molecule has 1 aliphatic carbocycles. The van der Waals surface area contributed by atoms with E-state index in [-0.39, 0.29) is 29.3 Å². The Morgan fingerprint density at radius 3 is 2.66 bits per heavy atom. The van der Waals surface area contributed by atoms with Gasteiger partial charge in [-0.3, -0.25) is 9.79 Å². The molecule has 1 amide bonds. The first-order valence-corrected chi connectivity index (χ1v) is 11.6. The van der Waals surface area contributed by atoms with Crippen molar-refractivity contribution < 1.29 is 9.32 Å². The third kappa shape index (κ3) is 5.07. The van der Waals surface area contributed by atoms with Crippen LogP contribution in [0.15, 0.2) is 40.0 Å². The molecule has 4 rings (SSSR count). The molecule has 0 saturated heterocycles. The molecule has 1 aromatic carbocycles. The molecule has 1 aliphatic rings. The van der Waals surface area contributed by atoms with Gasteiger partial charge in [0.05, 0.1) is 11.6 Å². The van der Waals surface area contributed by atoms with Crippen LogP contribution in [0.1, 0.15) is 43.0 Å². The second kappa shape index (κ2) is 9.91. The number of nitrogens with one attached hydrogen (secondary N) is 1. The minimum Gasteiger partial charge on any atom is -0.382 e. The molecule has 35 heavy (non-hydrogen) atoms. The van der Waals surface area contributed by atoms with Gasteiger partial charge in [0, 0.05) is 32.1 Å². The summed E-state index contributed by atoms with van der Waals surface area (Å²) in [5.41, 5.74) is 7.60. The molecule has 1 fully saturated rings. The molecule has 0 bridgehead atoms. The lowest BCUT2D eigenvalue weighted by atomic mass is 9.77. The molecule has 10 nitrogen and oxygen atoms in total. The number of aliphatic imine (C=N–C) groups is 1. The van der Waals surface area contributed by atoms with Crippen molar-refractivity contribution in [3.8, 4) is 11.3 Å². The molecule has 3 aromatic rings. The Hall–Kier alpha value is -3.66. The molecular weight excluding hydrogens is 468 g/mol. The lowest BCUT2D eigenvalue weighted by molar-refractivity contribution is -0.127. The van der Waals surface area contributed by atoms with E-state index in [1.807, 2.05) is 24.3 Å². The fourth-order valence-corrected chi connectivity index (χ4v) is 4.16. The van der Waals surface area contributed by atoms with Gasteiger partial charge in [0.2, 0.25) is 11.8 Å². The van der Waals surface area contributed by atoms with Crippen LogP contribution in [-0.4, -0.2) is 64.0 Å². The van der Waals surface area contributed by atoms with E-state index in [4.69, 9.17) is 27.3 Å². The number of anilines is 1. The first-order valence-electron chi connectivity index (χ1n) is 11.2. The van der Waals surface area contributed by atoms with E-state index in [2.05, 4.69) is 32.0 Å². The van der Waals surface area contributed by atoms with Crippen molar-refractivity contribution in [1.29, 1.82) is 5.41 Å². The Balaban J connectivity index is 1.59. The van der Waals surface area contributed by atoms with Crippen molar-refractivity contribution in [2.24, 2.45) is 10.9 Å².